The predicted octanol–water partition coefficient (Wildman–Crippen LogP) is 5.25. The topological polar surface area (TPSA) is 74.1 Å². The molecule has 0 saturated heterocycles. The molecule has 0 saturated carbocycles. The Morgan fingerprint density at radius 2 is 1.83 bits per heavy atom. The molecule has 0 fully saturated rings. The number of hydrogen-bond acceptors (Lipinski definition) is 5. The first-order valence-electron chi connectivity index (χ1n) is 10.6. The SMILES string of the molecule is COc1ccc(NC(=O)c2ccc(COCC(F)(F)F)cc2)cc1OCc1cn2ccccc2n1. The molecule has 10 heteroatoms. The lowest BCUT2D eigenvalue weighted by Gasteiger charge is -2.13. The van der Waals surface area contributed by atoms with Gasteiger partial charge in [-0.15, -0.1) is 0 Å². The number of nitrogens with zero attached hydrogens (tertiary/aromatic N) is 2. The number of pyridine rings is 1. The molecule has 2 aromatic heterocycles. The molecular formula is C25H22F3N3O4. The Bertz CT molecular complexity index is 1270. The Balaban J connectivity index is 1.38. The van der Waals surface area contributed by atoms with E-state index in [1.165, 1.54) is 19.2 Å². The molecule has 7 nitrogen and oxygen atoms in total. The van der Waals surface area contributed by atoms with Gasteiger partial charge in [0, 0.05) is 29.7 Å². The number of halogens is 3. The van der Waals surface area contributed by atoms with Gasteiger partial charge in [-0.3, -0.25) is 4.79 Å². The molecule has 2 aromatic carbocycles. The highest BCUT2D eigenvalue weighted by Crippen LogP contribution is 2.31. The van der Waals surface area contributed by atoms with Gasteiger partial charge >= 0.3 is 6.18 Å². The van der Waals surface area contributed by atoms with Crippen LogP contribution in [0.15, 0.2) is 73.1 Å². The molecule has 0 atom stereocenters. The van der Waals surface area contributed by atoms with E-state index in [1.54, 1.807) is 30.3 Å². The molecule has 0 spiro atoms. The predicted molar refractivity (Wildman–Crippen MR) is 123 cm³/mol. The van der Waals surface area contributed by atoms with Gasteiger partial charge in [0.05, 0.1) is 19.4 Å². The van der Waals surface area contributed by atoms with E-state index in [1.807, 2.05) is 35.0 Å². The molecule has 0 radical (unpaired) electrons. The first-order valence-corrected chi connectivity index (χ1v) is 10.6. The van der Waals surface area contributed by atoms with Crippen LogP contribution < -0.4 is 14.8 Å². The largest absolute Gasteiger partial charge is 0.493 e. The van der Waals surface area contributed by atoms with E-state index in [9.17, 15) is 18.0 Å². The molecule has 0 aliphatic carbocycles. The second kappa shape index (κ2) is 10.5. The van der Waals surface area contributed by atoms with Gasteiger partial charge in [-0.1, -0.05) is 18.2 Å². The monoisotopic (exact) mass is 485 g/mol. The van der Waals surface area contributed by atoms with E-state index in [2.05, 4.69) is 15.0 Å². The van der Waals surface area contributed by atoms with Gasteiger partial charge in [0.2, 0.25) is 0 Å². The van der Waals surface area contributed by atoms with Crippen LogP contribution in [-0.2, 0) is 18.0 Å². The quantitative estimate of drug-likeness (QED) is 0.350. The van der Waals surface area contributed by atoms with E-state index >= 15 is 0 Å². The highest BCUT2D eigenvalue weighted by Gasteiger charge is 2.27. The molecule has 4 rings (SSSR count). The number of methoxy groups -OCH3 is 1. The van der Waals surface area contributed by atoms with Crippen molar-refractivity contribution in [3.63, 3.8) is 0 Å². The van der Waals surface area contributed by atoms with Crippen LogP contribution in [0.2, 0.25) is 0 Å². The number of rotatable bonds is 9. The first-order chi connectivity index (χ1) is 16.8. The first kappa shape index (κ1) is 24.1. The standard InChI is InChI=1S/C25H22F3N3O4/c1-33-21-10-9-19(12-22(21)35-15-20-13-31-11-3-2-4-23(31)29-20)30-24(32)18-7-5-17(6-8-18)14-34-16-25(26,27)28/h2-13H,14-16H2,1H3,(H,30,32). The lowest BCUT2D eigenvalue weighted by atomic mass is 10.1. The normalized spacial score (nSPS) is 11.4. The van der Waals surface area contributed by atoms with Crippen molar-refractivity contribution in [3.05, 3.63) is 89.9 Å². The number of amides is 1. The summed E-state index contributed by atoms with van der Waals surface area (Å²) in [6, 6.07) is 16.8. The van der Waals surface area contributed by atoms with Gasteiger partial charge in [-0.2, -0.15) is 13.2 Å². The minimum atomic E-state index is -4.38. The summed E-state index contributed by atoms with van der Waals surface area (Å²) in [4.78, 5) is 17.1. The van der Waals surface area contributed by atoms with E-state index in [0.717, 1.165) is 11.3 Å². The van der Waals surface area contributed by atoms with Crippen molar-refractivity contribution in [2.24, 2.45) is 0 Å². The molecule has 0 bridgehead atoms. The molecule has 0 aliphatic rings. The number of fused-ring (bicyclic) bond motifs is 1. The van der Waals surface area contributed by atoms with Gasteiger partial charge in [0.25, 0.3) is 5.91 Å². The van der Waals surface area contributed by atoms with Crippen LogP contribution in [0.4, 0.5) is 18.9 Å². The second-order valence-corrected chi connectivity index (χ2v) is 7.61. The molecule has 35 heavy (non-hydrogen) atoms. The van der Waals surface area contributed by atoms with Gasteiger partial charge in [0.1, 0.15) is 18.9 Å². The maximum atomic E-state index is 12.6. The summed E-state index contributed by atoms with van der Waals surface area (Å²) in [5.74, 6) is 0.540. The van der Waals surface area contributed by atoms with Crippen molar-refractivity contribution in [1.29, 1.82) is 0 Å². The van der Waals surface area contributed by atoms with Crippen LogP contribution in [0.25, 0.3) is 5.65 Å². The summed E-state index contributed by atoms with van der Waals surface area (Å²) < 4.78 is 54.4. The molecule has 4 aromatic rings. The van der Waals surface area contributed by atoms with Gasteiger partial charge < -0.3 is 23.9 Å². The number of carbonyl (C=O) groups excluding carboxylic acids is 1. The molecule has 1 N–H and O–H groups in total. The van der Waals surface area contributed by atoms with Gasteiger partial charge in [0.15, 0.2) is 11.5 Å². The molecule has 0 unspecified atom stereocenters. The smallest absolute Gasteiger partial charge is 0.411 e. The van der Waals surface area contributed by atoms with Crippen LogP contribution in [0.3, 0.4) is 0 Å². The summed E-state index contributed by atoms with van der Waals surface area (Å²) in [6.45, 7) is -1.32. The average molecular weight is 485 g/mol. The third-order valence-electron chi connectivity index (χ3n) is 4.96. The Morgan fingerprint density at radius 1 is 1.03 bits per heavy atom. The lowest BCUT2D eigenvalue weighted by Crippen LogP contribution is -2.16. The number of ether oxygens (including phenoxy) is 3. The van der Waals surface area contributed by atoms with Crippen LogP contribution in [0.5, 0.6) is 11.5 Å². The van der Waals surface area contributed by atoms with Crippen LogP contribution >= 0.6 is 0 Å². The number of carbonyl (C=O) groups is 1. The number of nitrogens with one attached hydrogen (secondary N) is 1. The van der Waals surface area contributed by atoms with Crippen LogP contribution in [0.1, 0.15) is 21.6 Å². The fourth-order valence-electron chi connectivity index (χ4n) is 3.32. The fourth-order valence-corrected chi connectivity index (χ4v) is 3.32. The van der Waals surface area contributed by atoms with E-state index in [-0.39, 0.29) is 19.1 Å². The molecule has 1 amide bonds. The molecule has 0 aliphatic heterocycles. The summed E-state index contributed by atoms with van der Waals surface area (Å²) in [7, 11) is 1.52. The van der Waals surface area contributed by atoms with E-state index < -0.39 is 12.8 Å². The number of aromatic nitrogens is 2. The van der Waals surface area contributed by atoms with Gasteiger partial charge in [-0.05, 0) is 42.0 Å². The molecule has 182 valence electrons. The third-order valence-corrected chi connectivity index (χ3v) is 4.96. The minimum absolute atomic E-state index is 0.201. The van der Waals surface area contributed by atoms with Crippen LogP contribution in [0, 0.1) is 0 Å². The Labute approximate surface area is 199 Å². The van der Waals surface area contributed by atoms with Crippen molar-refractivity contribution in [2.75, 3.05) is 19.0 Å². The maximum absolute atomic E-state index is 12.6. The minimum Gasteiger partial charge on any atom is -0.493 e. The highest BCUT2D eigenvalue weighted by atomic mass is 19.4. The fraction of sp³-hybridized carbons (Fsp3) is 0.200. The highest BCUT2D eigenvalue weighted by molar-refractivity contribution is 6.04. The lowest BCUT2D eigenvalue weighted by molar-refractivity contribution is -0.176. The molecule has 2 heterocycles. The number of anilines is 1. The van der Waals surface area contributed by atoms with Crippen molar-refractivity contribution in [3.8, 4) is 11.5 Å². The Morgan fingerprint density at radius 3 is 2.54 bits per heavy atom. The van der Waals surface area contributed by atoms with E-state index in [4.69, 9.17) is 9.47 Å². The summed E-state index contributed by atoms with van der Waals surface area (Å²) >= 11 is 0. The van der Waals surface area contributed by atoms with Crippen molar-refractivity contribution >= 4 is 17.2 Å². The van der Waals surface area contributed by atoms with Crippen molar-refractivity contribution in [2.45, 2.75) is 19.4 Å². The second-order valence-electron chi connectivity index (χ2n) is 7.61. The third kappa shape index (κ3) is 6.51. The van der Waals surface area contributed by atoms with Gasteiger partial charge in [-0.25, -0.2) is 4.98 Å². The van der Waals surface area contributed by atoms with E-state index in [0.29, 0.717) is 28.3 Å². The number of hydrogen-bond donors (Lipinski definition) is 1. The summed E-state index contributed by atoms with van der Waals surface area (Å²) in [5.41, 5.74) is 2.88. The van der Waals surface area contributed by atoms with Crippen molar-refractivity contribution in [1.82, 2.24) is 9.38 Å². The zero-order chi connectivity index (χ0) is 24.8. The van der Waals surface area contributed by atoms with Crippen molar-refractivity contribution < 1.29 is 32.2 Å². The zero-order valence-corrected chi connectivity index (χ0v) is 18.7. The Hall–Kier alpha value is -4.05. The van der Waals surface area contributed by atoms with Crippen LogP contribution in [-0.4, -0.2) is 35.2 Å². The zero-order valence-electron chi connectivity index (χ0n) is 18.7. The number of alkyl halides is 3. The number of imidazole rings is 1. The average Bonchev–Trinajstić information content (AvgIpc) is 3.25. The maximum Gasteiger partial charge on any atom is 0.411 e. The number of benzene rings is 2. The summed E-state index contributed by atoms with van der Waals surface area (Å²) in [5, 5.41) is 2.78. The Kier molecular flexibility index (Phi) is 7.21. The summed E-state index contributed by atoms with van der Waals surface area (Å²) in [6.07, 6.45) is -0.622. The molecular weight excluding hydrogens is 463 g/mol.